The second-order valence-corrected chi connectivity index (χ2v) is 9.79. The number of carbonyl (C=O) groups excluding carboxylic acids is 3. The van der Waals surface area contributed by atoms with Crippen LogP contribution < -0.4 is 10.6 Å². The van der Waals surface area contributed by atoms with E-state index in [9.17, 15) is 19.5 Å². The standard InChI is InChI=1S/C27H37N3O5/c1-17(2)30(25(33)21(16-31)28-26(34)35-27(5,6)7)23(20-14-9-8-10-15-20)24(32)29-22-18(3)12-11-13-19(22)4/h8-15,17,21,23,31H,16H2,1-7H3,(H,28,34)(H,29,32). The number of rotatable bonds is 8. The molecule has 0 fully saturated rings. The molecule has 0 saturated heterocycles. The molecule has 3 N–H and O–H groups in total. The average Bonchev–Trinajstić information content (AvgIpc) is 2.76. The molecule has 0 bridgehead atoms. The van der Waals surface area contributed by atoms with Gasteiger partial charge in [0.1, 0.15) is 17.7 Å². The number of aliphatic hydroxyl groups is 1. The molecule has 8 nitrogen and oxygen atoms in total. The molecule has 0 radical (unpaired) electrons. The van der Waals surface area contributed by atoms with Crippen LogP contribution >= 0.6 is 0 Å². The van der Waals surface area contributed by atoms with Gasteiger partial charge < -0.3 is 25.4 Å². The van der Waals surface area contributed by atoms with E-state index in [2.05, 4.69) is 10.6 Å². The molecule has 0 aromatic heterocycles. The highest BCUT2D eigenvalue weighted by molar-refractivity contribution is 6.00. The molecule has 35 heavy (non-hydrogen) atoms. The average molecular weight is 484 g/mol. The van der Waals surface area contributed by atoms with Gasteiger partial charge in [-0.05, 0) is 65.2 Å². The number of hydrogen-bond donors (Lipinski definition) is 3. The summed E-state index contributed by atoms with van der Waals surface area (Å²) in [6.07, 6.45) is -0.829. The van der Waals surface area contributed by atoms with Crippen LogP contribution in [0.5, 0.6) is 0 Å². The molecule has 0 heterocycles. The first-order chi connectivity index (χ1) is 16.4. The minimum atomic E-state index is -1.29. The van der Waals surface area contributed by atoms with Crippen molar-refractivity contribution in [2.45, 2.75) is 72.2 Å². The minimum Gasteiger partial charge on any atom is -0.444 e. The Kier molecular flexibility index (Phi) is 9.42. The van der Waals surface area contributed by atoms with Crippen molar-refractivity contribution in [2.75, 3.05) is 11.9 Å². The summed E-state index contributed by atoms with van der Waals surface area (Å²) >= 11 is 0. The summed E-state index contributed by atoms with van der Waals surface area (Å²) in [7, 11) is 0. The Morgan fingerprint density at radius 3 is 2.03 bits per heavy atom. The van der Waals surface area contributed by atoms with Gasteiger partial charge in [-0.3, -0.25) is 9.59 Å². The first-order valence-electron chi connectivity index (χ1n) is 11.7. The smallest absolute Gasteiger partial charge is 0.408 e. The molecule has 190 valence electrons. The highest BCUT2D eigenvalue weighted by atomic mass is 16.6. The van der Waals surface area contributed by atoms with Crippen molar-refractivity contribution in [3.8, 4) is 0 Å². The zero-order valence-corrected chi connectivity index (χ0v) is 21.6. The number of amides is 3. The second kappa shape index (κ2) is 11.8. The van der Waals surface area contributed by atoms with Gasteiger partial charge in [-0.1, -0.05) is 48.5 Å². The third kappa shape index (κ3) is 7.55. The minimum absolute atomic E-state index is 0.399. The molecule has 0 aliphatic rings. The van der Waals surface area contributed by atoms with E-state index in [1.807, 2.05) is 38.1 Å². The normalized spacial score (nSPS) is 13.1. The quantitative estimate of drug-likeness (QED) is 0.524. The SMILES string of the molecule is Cc1cccc(C)c1NC(=O)C(c1ccccc1)N(C(=O)C(CO)NC(=O)OC(C)(C)C)C(C)C. The van der Waals surface area contributed by atoms with Gasteiger partial charge in [-0.15, -0.1) is 0 Å². The van der Waals surface area contributed by atoms with Crippen molar-refractivity contribution in [2.24, 2.45) is 0 Å². The summed E-state index contributed by atoms with van der Waals surface area (Å²) in [6, 6.07) is 11.9. The lowest BCUT2D eigenvalue weighted by Gasteiger charge is -2.37. The number of nitrogens with one attached hydrogen (secondary N) is 2. The molecule has 0 aliphatic heterocycles. The van der Waals surface area contributed by atoms with Crippen LogP contribution in [0.25, 0.3) is 0 Å². The van der Waals surface area contributed by atoms with Crippen LogP contribution in [0.2, 0.25) is 0 Å². The van der Waals surface area contributed by atoms with Gasteiger partial charge >= 0.3 is 6.09 Å². The summed E-state index contributed by atoms with van der Waals surface area (Å²) in [5, 5.41) is 15.4. The summed E-state index contributed by atoms with van der Waals surface area (Å²) in [5.41, 5.74) is 2.30. The summed E-state index contributed by atoms with van der Waals surface area (Å²) in [4.78, 5) is 41.1. The summed E-state index contributed by atoms with van der Waals surface area (Å²) in [5.74, 6) is -0.997. The molecule has 0 saturated carbocycles. The van der Waals surface area contributed by atoms with E-state index in [1.165, 1.54) is 4.90 Å². The number of carbonyl (C=O) groups is 3. The second-order valence-electron chi connectivity index (χ2n) is 9.79. The van der Waals surface area contributed by atoms with E-state index in [4.69, 9.17) is 4.74 Å². The number of nitrogens with zero attached hydrogens (tertiary/aromatic N) is 1. The topological polar surface area (TPSA) is 108 Å². The first kappa shape index (κ1) is 27.9. The van der Waals surface area contributed by atoms with Gasteiger partial charge in [-0.2, -0.15) is 0 Å². The van der Waals surface area contributed by atoms with Crippen molar-refractivity contribution in [1.29, 1.82) is 0 Å². The van der Waals surface area contributed by atoms with E-state index in [-0.39, 0.29) is 0 Å². The van der Waals surface area contributed by atoms with Crippen LogP contribution in [0, 0.1) is 13.8 Å². The van der Waals surface area contributed by atoms with E-state index < -0.39 is 48.2 Å². The fraction of sp³-hybridized carbons (Fsp3) is 0.444. The van der Waals surface area contributed by atoms with Crippen molar-refractivity contribution in [3.63, 3.8) is 0 Å². The van der Waals surface area contributed by atoms with Crippen molar-refractivity contribution >= 4 is 23.6 Å². The van der Waals surface area contributed by atoms with E-state index >= 15 is 0 Å². The van der Waals surface area contributed by atoms with Gasteiger partial charge in [-0.25, -0.2) is 4.79 Å². The number of para-hydroxylation sites is 1. The highest BCUT2D eigenvalue weighted by Gasteiger charge is 2.37. The zero-order chi connectivity index (χ0) is 26.3. The lowest BCUT2D eigenvalue weighted by molar-refractivity contribution is -0.143. The zero-order valence-electron chi connectivity index (χ0n) is 21.6. The Morgan fingerprint density at radius 2 is 1.54 bits per heavy atom. The molecule has 2 aromatic rings. The lowest BCUT2D eigenvalue weighted by Crippen LogP contribution is -2.55. The van der Waals surface area contributed by atoms with Crippen LogP contribution in [0.1, 0.15) is 57.4 Å². The molecule has 0 spiro atoms. The number of aryl methyl sites for hydroxylation is 2. The largest absolute Gasteiger partial charge is 0.444 e. The Balaban J connectivity index is 2.45. The number of aliphatic hydroxyl groups excluding tert-OH is 1. The number of anilines is 1. The highest BCUT2D eigenvalue weighted by Crippen LogP contribution is 2.28. The van der Waals surface area contributed by atoms with Gasteiger partial charge in [0, 0.05) is 11.7 Å². The number of benzene rings is 2. The van der Waals surface area contributed by atoms with E-state index in [1.54, 1.807) is 58.9 Å². The van der Waals surface area contributed by atoms with Gasteiger partial charge in [0.05, 0.1) is 6.61 Å². The monoisotopic (exact) mass is 483 g/mol. The van der Waals surface area contributed by atoms with Gasteiger partial charge in [0.15, 0.2) is 0 Å². The predicted molar refractivity (Wildman–Crippen MR) is 136 cm³/mol. The molecular weight excluding hydrogens is 446 g/mol. The Bertz CT molecular complexity index is 1010. The Hall–Kier alpha value is -3.39. The summed E-state index contributed by atoms with van der Waals surface area (Å²) in [6.45, 7) is 11.8. The van der Waals surface area contributed by atoms with Crippen LogP contribution in [0.4, 0.5) is 10.5 Å². The lowest BCUT2D eigenvalue weighted by atomic mass is 10.0. The number of alkyl carbamates (subject to hydrolysis) is 1. The van der Waals surface area contributed by atoms with Crippen molar-refractivity contribution in [1.82, 2.24) is 10.2 Å². The van der Waals surface area contributed by atoms with Crippen molar-refractivity contribution < 1.29 is 24.2 Å². The van der Waals surface area contributed by atoms with Gasteiger partial charge in [0.2, 0.25) is 5.91 Å². The molecule has 2 aromatic carbocycles. The van der Waals surface area contributed by atoms with Crippen LogP contribution in [-0.4, -0.2) is 52.2 Å². The maximum atomic E-state index is 13.7. The fourth-order valence-electron chi connectivity index (χ4n) is 3.77. The molecule has 2 rings (SSSR count). The molecule has 0 aliphatic carbocycles. The third-order valence-electron chi connectivity index (χ3n) is 5.35. The maximum Gasteiger partial charge on any atom is 0.408 e. The number of hydrogen-bond acceptors (Lipinski definition) is 5. The molecule has 3 amide bonds. The predicted octanol–water partition coefficient (Wildman–Crippen LogP) is 4.11. The Labute approximate surface area is 207 Å². The third-order valence-corrected chi connectivity index (χ3v) is 5.35. The Morgan fingerprint density at radius 1 is 0.971 bits per heavy atom. The van der Waals surface area contributed by atoms with Crippen LogP contribution in [-0.2, 0) is 14.3 Å². The van der Waals surface area contributed by atoms with Gasteiger partial charge in [0.25, 0.3) is 5.91 Å². The molecule has 2 atom stereocenters. The molecular formula is C27H37N3O5. The maximum absolute atomic E-state index is 13.7. The fourth-order valence-corrected chi connectivity index (χ4v) is 3.77. The molecule has 8 heteroatoms. The summed E-state index contributed by atoms with van der Waals surface area (Å²) < 4.78 is 5.25. The van der Waals surface area contributed by atoms with Crippen LogP contribution in [0.3, 0.4) is 0 Å². The molecule has 2 unspecified atom stereocenters. The number of ether oxygens (including phenoxy) is 1. The van der Waals surface area contributed by atoms with Crippen LogP contribution in [0.15, 0.2) is 48.5 Å². The first-order valence-corrected chi connectivity index (χ1v) is 11.7. The van der Waals surface area contributed by atoms with E-state index in [0.717, 1.165) is 11.1 Å². The van der Waals surface area contributed by atoms with Crippen molar-refractivity contribution in [3.05, 3.63) is 65.2 Å². The van der Waals surface area contributed by atoms with E-state index in [0.29, 0.717) is 11.3 Å².